The van der Waals surface area contributed by atoms with Gasteiger partial charge in [-0.15, -0.1) is 0 Å². The summed E-state index contributed by atoms with van der Waals surface area (Å²) in [7, 11) is -7.09. The van der Waals surface area contributed by atoms with Gasteiger partial charge in [-0.2, -0.15) is 0 Å². The maximum atomic E-state index is 12.8. The van der Waals surface area contributed by atoms with E-state index in [2.05, 4.69) is 14.3 Å². The molecule has 0 unspecified atom stereocenters. The Kier molecular flexibility index (Phi) is 10.5. The molecule has 0 amide bonds. The summed E-state index contributed by atoms with van der Waals surface area (Å²) in [5.74, 6) is -1.03. The Morgan fingerprint density at radius 2 is 1.31 bits per heavy atom. The number of rotatable bonds is 12. The summed E-state index contributed by atoms with van der Waals surface area (Å²) in [4.78, 5) is 20.7. The summed E-state index contributed by atoms with van der Waals surface area (Å²) in [6.07, 6.45) is 2.21. The standard InChI is InChI=1S/C40H40N4O8S2/c1-7-43(35-22-27(15-14-26(35)4)41-53(5,47)48)28-16-18-32-37(23-28)51-38-24-29(44(8-2)36-21-25(3)13-20-34(36)42-54(6,49)50)17-19-33(38)39(32)30-11-9-10-12-31(30)40(45)52-46/h9-24,41-42H,7-8H2,1-6H3. The van der Waals surface area contributed by atoms with Gasteiger partial charge in [0.25, 0.3) is 0 Å². The molecule has 0 aliphatic carbocycles. The number of nitrogens with one attached hydrogen (secondary N) is 2. The number of sulfonamides is 2. The zero-order valence-electron chi connectivity index (χ0n) is 30.6. The summed E-state index contributed by atoms with van der Waals surface area (Å²) < 4.78 is 60.6. The van der Waals surface area contributed by atoms with Crippen LogP contribution in [0.15, 0.2) is 101 Å². The number of fused-ring (bicyclic) bond motifs is 2. The van der Waals surface area contributed by atoms with E-state index >= 15 is 0 Å². The van der Waals surface area contributed by atoms with Crippen LogP contribution in [0.5, 0.6) is 0 Å². The number of benzene rings is 5. The summed E-state index contributed by atoms with van der Waals surface area (Å²) >= 11 is 0. The number of carbonyl (C=O) groups excluding carboxylic acids is 1. The van der Waals surface area contributed by atoms with Gasteiger partial charge in [0.2, 0.25) is 20.0 Å². The van der Waals surface area contributed by atoms with Gasteiger partial charge in [-0.3, -0.25) is 9.44 Å². The zero-order chi connectivity index (χ0) is 38.9. The maximum Gasteiger partial charge on any atom is 0.363 e. The van der Waals surface area contributed by atoms with E-state index in [1.165, 1.54) is 6.07 Å². The van der Waals surface area contributed by atoms with Gasteiger partial charge < -0.3 is 19.9 Å². The lowest BCUT2D eigenvalue weighted by molar-refractivity contribution is -0.653. The van der Waals surface area contributed by atoms with Crippen molar-refractivity contribution in [1.29, 1.82) is 0 Å². The van der Waals surface area contributed by atoms with Crippen LogP contribution in [0.2, 0.25) is 0 Å². The van der Waals surface area contributed by atoms with E-state index in [1.54, 1.807) is 36.4 Å². The molecule has 0 bridgehead atoms. The normalized spacial score (nSPS) is 11.8. The molecule has 2 N–H and O–H groups in total. The van der Waals surface area contributed by atoms with Crippen LogP contribution < -0.4 is 24.5 Å². The summed E-state index contributed by atoms with van der Waals surface area (Å²) in [6.45, 7) is 8.82. The van der Waals surface area contributed by atoms with E-state index in [0.717, 1.165) is 35.0 Å². The fraction of sp³-hybridized carbons (Fsp3) is 0.200. The Labute approximate surface area is 314 Å². The average molecular weight is 769 g/mol. The largest absolute Gasteiger partial charge is 0.661 e. The Morgan fingerprint density at radius 3 is 1.89 bits per heavy atom. The second kappa shape index (κ2) is 15.0. The van der Waals surface area contributed by atoms with Crippen LogP contribution in [0.25, 0.3) is 33.1 Å². The molecule has 0 fully saturated rings. The third kappa shape index (κ3) is 7.95. The molecular formula is C40H40N4O8S2. The van der Waals surface area contributed by atoms with Crippen LogP contribution in [0.1, 0.15) is 35.3 Å². The van der Waals surface area contributed by atoms with Crippen molar-refractivity contribution in [3.05, 3.63) is 114 Å². The van der Waals surface area contributed by atoms with Gasteiger partial charge in [-0.1, -0.05) is 30.3 Å². The van der Waals surface area contributed by atoms with E-state index < -0.39 is 26.0 Å². The molecule has 1 heterocycles. The van der Waals surface area contributed by atoms with Crippen molar-refractivity contribution in [2.24, 2.45) is 0 Å². The molecule has 0 saturated heterocycles. The highest BCUT2D eigenvalue weighted by atomic mass is 32.2. The van der Waals surface area contributed by atoms with E-state index in [1.807, 2.05) is 92.1 Å². The van der Waals surface area contributed by atoms with E-state index in [9.17, 15) is 26.9 Å². The second-order valence-electron chi connectivity index (χ2n) is 13.0. The topological polar surface area (TPSA) is 159 Å². The van der Waals surface area contributed by atoms with Gasteiger partial charge >= 0.3 is 17.1 Å². The molecule has 14 heteroatoms. The molecule has 5 aromatic carbocycles. The molecule has 0 radical (unpaired) electrons. The lowest BCUT2D eigenvalue weighted by Crippen LogP contribution is -2.19. The first-order chi connectivity index (χ1) is 25.6. The van der Waals surface area contributed by atoms with Gasteiger partial charge in [0.15, 0.2) is 0 Å². The van der Waals surface area contributed by atoms with E-state index in [4.69, 9.17) is 4.42 Å². The van der Waals surface area contributed by atoms with Crippen LogP contribution >= 0.6 is 0 Å². The Bertz CT molecular complexity index is 2650. The SMILES string of the molecule is CCN(c1ccc2c(-c3ccccc3C(=O)O[O-])c3ccc(N(CC)c4cc(C)ccc4NS(C)(=O)=O)cc3[o+]c2c1)c1cc(NS(C)(=O)=O)ccc1C. The number of aryl methyl sites for hydroxylation is 2. The Balaban J connectivity index is 1.60. The van der Waals surface area contributed by atoms with E-state index in [0.29, 0.717) is 68.9 Å². The molecule has 280 valence electrons. The fourth-order valence-corrected chi connectivity index (χ4v) is 7.86. The average Bonchev–Trinajstić information content (AvgIpc) is 3.12. The second-order valence-corrected chi connectivity index (χ2v) is 16.5. The Morgan fingerprint density at radius 1 is 0.722 bits per heavy atom. The van der Waals surface area contributed by atoms with Crippen molar-refractivity contribution in [2.75, 3.05) is 44.8 Å². The highest BCUT2D eigenvalue weighted by Crippen LogP contribution is 2.43. The van der Waals surface area contributed by atoms with Crippen LogP contribution in [0.4, 0.5) is 34.1 Å². The third-order valence-electron chi connectivity index (χ3n) is 8.98. The van der Waals surface area contributed by atoms with Crippen molar-refractivity contribution >= 4 is 82.1 Å². The Hall–Kier alpha value is -5.70. The smallest absolute Gasteiger partial charge is 0.363 e. The number of carbonyl (C=O) groups is 1. The quantitative estimate of drug-likeness (QED) is 0.0548. The predicted molar refractivity (Wildman–Crippen MR) is 214 cm³/mol. The minimum Gasteiger partial charge on any atom is -0.661 e. The first kappa shape index (κ1) is 38.0. The van der Waals surface area contributed by atoms with Gasteiger partial charge in [0, 0.05) is 24.3 Å². The number of anilines is 6. The molecule has 0 aliphatic heterocycles. The molecular weight excluding hydrogens is 729 g/mol. The molecule has 12 nitrogen and oxygen atoms in total. The van der Waals surface area contributed by atoms with Crippen molar-refractivity contribution in [3.63, 3.8) is 0 Å². The summed E-state index contributed by atoms with van der Waals surface area (Å²) in [5, 5.41) is 12.7. The molecule has 6 aromatic rings. The molecule has 6 rings (SSSR count). The van der Waals surface area contributed by atoms with Gasteiger partial charge in [-0.25, -0.2) is 26.0 Å². The molecule has 0 atom stereocenters. The van der Waals surface area contributed by atoms with Crippen LogP contribution in [-0.4, -0.2) is 48.4 Å². The van der Waals surface area contributed by atoms with Crippen molar-refractivity contribution < 1.29 is 36.2 Å². The minimum absolute atomic E-state index is 0.0851. The summed E-state index contributed by atoms with van der Waals surface area (Å²) in [5.41, 5.74) is 7.72. The highest BCUT2D eigenvalue weighted by molar-refractivity contribution is 7.92. The van der Waals surface area contributed by atoms with Crippen molar-refractivity contribution in [1.82, 2.24) is 0 Å². The minimum atomic E-state index is -3.58. The monoisotopic (exact) mass is 768 g/mol. The fourth-order valence-electron chi connectivity index (χ4n) is 6.73. The summed E-state index contributed by atoms with van der Waals surface area (Å²) in [6, 6.07) is 28.8. The first-order valence-corrected chi connectivity index (χ1v) is 20.9. The first-order valence-electron chi connectivity index (χ1n) is 17.1. The molecule has 0 aliphatic rings. The van der Waals surface area contributed by atoms with Crippen molar-refractivity contribution in [2.45, 2.75) is 27.7 Å². The highest BCUT2D eigenvalue weighted by Gasteiger charge is 2.27. The van der Waals surface area contributed by atoms with Crippen LogP contribution in [0.3, 0.4) is 0 Å². The van der Waals surface area contributed by atoms with Crippen molar-refractivity contribution in [3.8, 4) is 11.1 Å². The zero-order valence-corrected chi connectivity index (χ0v) is 32.3. The van der Waals surface area contributed by atoms with Crippen LogP contribution in [0, 0.1) is 13.8 Å². The third-order valence-corrected chi connectivity index (χ3v) is 10.2. The molecule has 0 saturated carbocycles. The number of hydrogen-bond acceptors (Lipinski definition) is 9. The number of nitrogens with zero attached hydrogens (tertiary/aromatic N) is 2. The predicted octanol–water partition coefficient (Wildman–Crippen LogP) is 7.64. The molecule has 0 spiro atoms. The number of hydrogen-bond donors (Lipinski definition) is 2. The molecule has 1 aromatic heterocycles. The lowest BCUT2D eigenvalue weighted by Gasteiger charge is -2.26. The van der Waals surface area contributed by atoms with E-state index in [-0.39, 0.29) is 5.56 Å². The van der Waals surface area contributed by atoms with Gasteiger partial charge in [0.05, 0.1) is 69.4 Å². The lowest BCUT2D eigenvalue weighted by atomic mass is 9.93. The maximum absolute atomic E-state index is 12.8. The van der Waals surface area contributed by atoms with Crippen LogP contribution in [-0.2, 0) is 24.9 Å². The van der Waals surface area contributed by atoms with Gasteiger partial charge in [-0.05, 0) is 99.0 Å². The molecule has 54 heavy (non-hydrogen) atoms. The van der Waals surface area contributed by atoms with Gasteiger partial charge in [0.1, 0.15) is 0 Å².